The topological polar surface area (TPSA) is 105 Å². The van der Waals surface area contributed by atoms with Crippen molar-refractivity contribution in [3.63, 3.8) is 0 Å². The minimum Gasteiger partial charge on any atom is -0.350 e. The van der Waals surface area contributed by atoms with Crippen LogP contribution in [-0.4, -0.2) is 29.4 Å². The van der Waals surface area contributed by atoms with Gasteiger partial charge in [0.1, 0.15) is 12.2 Å². The Morgan fingerprint density at radius 2 is 1.74 bits per heavy atom. The van der Waals surface area contributed by atoms with Crippen LogP contribution in [-0.2, 0) is 4.79 Å². The molecule has 4 aromatic rings. The number of aromatic nitrogens is 1. The van der Waals surface area contributed by atoms with Gasteiger partial charge >= 0.3 is 0 Å². The molecule has 3 aromatic carbocycles. The number of benzene rings is 3. The van der Waals surface area contributed by atoms with Crippen LogP contribution in [0.5, 0.6) is 0 Å². The zero-order chi connectivity index (χ0) is 23.7. The van der Waals surface area contributed by atoms with E-state index in [9.17, 15) is 14.4 Å². The first-order valence-corrected chi connectivity index (χ1v) is 10.6. The molecule has 5 rings (SSSR count). The molecule has 0 fully saturated rings. The molecule has 3 amide bonds. The van der Waals surface area contributed by atoms with Crippen LogP contribution < -0.4 is 15.5 Å². The van der Waals surface area contributed by atoms with Gasteiger partial charge in [0.15, 0.2) is 0 Å². The maximum Gasteiger partial charge on any atom is 0.294 e. The molecule has 0 atom stereocenters. The van der Waals surface area contributed by atoms with E-state index in [4.69, 9.17) is 4.52 Å². The van der Waals surface area contributed by atoms with E-state index in [1.807, 2.05) is 37.3 Å². The molecule has 1 aliphatic heterocycles. The van der Waals surface area contributed by atoms with Gasteiger partial charge in [-0.15, -0.1) is 0 Å². The first-order valence-electron chi connectivity index (χ1n) is 10.6. The minimum atomic E-state index is -0.452. The van der Waals surface area contributed by atoms with Gasteiger partial charge in [-0.3, -0.25) is 19.3 Å². The maximum atomic E-state index is 13.1. The summed E-state index contributed by atoms with van der Waals surface area (Å²) in [6.45, 7) is 1.93. The molecule has 34 heavy (non-hydrogen) atoms. The Morgan fingerprint density at radius 1 is 1.00 bits per heavy atom. The van der Waals surface area contributed by atoms with Crippen molar-refractivity contribution in [1.82, 2.24) is 5.16 Å². The molecular formula is C26H20N4O4. The molecule has 0 bridgehead atoms. The molecule has 0 radical (unpaired) electrons. The van der Waals surface area contributed by atoms with Gasteiger partial charge in [0, 0.05) is 22.9 Å². The Labute approximate surface area is 195 Å². The Kier molecular flexibility index (Phi) is 5.39. The second-order valence-electron chi connectivity index (χ2n) is 7.93. The van der Waals surface area contributed by atoms with Gasteiger partial charge in [-0.25, -0.2) is 0 Å². The average Bonchev–Trinajstić information content (AvgIpc) is 3.34. The van der Waals surface area contributed by atoms with Crippen LogP contribution in [0.2, 0.25) is 0 Å². The molecule has 1 aliphatic rings. The predicted molar refractivity (Wildman–Crippen MR) is 128 cm³/mol. The third kappa shape index (κ3) is 4.16. The van der Waals surface area contributed by atoms with Crippen molar-refractivity contribution in [3.8, 4) is 11.3 Å². The zero-order valence-electron chi connectivity index (χ0n) is 18.2. The summed E-state index contributed by atoms with van der Waals surface area (Å²) in [4.78, 5) is 39.1. The van der Waals surface area contributed by atoms with Crippen molar-refractivity contribution in [3.05, 3.63) is 95.7 Å². The fraction of sp³-hybridized carbons (Fsp3) is 0.0769. The molecule has 0 spiro atoms. The molecule has 0 unspecified atom stereocenters. The van der Waals surface area contributed by atoms with Gasteiger partial charge < -0.3 is 15.2 Å². The molecule has 0 saturated heterocycles. The number of para-hydroxylation sites is 2. The minimum absolute atomic E-state index is 0.0663. The molecule has 2 N–H and O–H groups in total. The molecule has 1 aromatic heterocycles. The van der Waals surface area contributed by atoms with Crippen LogP contribution >= 0.6 is 0 Å². The van der Waals surface area contributed by atoms with Crippen LogP contribution in [0.3, 0.4) is 0 Å². The van der Waals surface area contributed by atoms with E-state index in [1.165, 1.54) is 4.90 Å². The first kappa shape index (κ1) is 21.1. The number of nitrogens with one attached hydrogen (secondary N) is 2. The van der Waals surface area contributed by atoms with Crippen molar-refractivity contribution in [1.29, 1.82) is 0 Å². The summed E-state index contributed by atoms with van der Waals surface area (Å²) in [5, 5.41) is 9.48. The molecule has 8 heteroatoms. The summed E-state index contributed by atoms with van der Waals surface area (Å²) < 4.78 is 5.21. The summed E-state index contributed by atoms with van der Waals surface area (Å²) in [5.41, 5.74) is 4.66. The van der Waals surface area contributed by atoms with Crippen molar-refractivity contribution in [2.75, 3.05) is 22.1 Å². The van der Waals surface area contributed by atoms with Crippen molar-refractivity contribution in [2.45, 2.75) is 6.92 Å². The van der Waals surface area contributed by atoms with E-state index in [1.54, 1.807) is 48.5 Å². The third-order valence-electron chi connectivity index (χ3n) is 5.49. The molecular weight excluding hydrogens is 432 g/mol. The summed E-state index contributed by atoms with van der Waals surface area (Å²) in [6.07, 6.45) is 0. The SMILES string of the molecule is Cc1ccc(-c2cc(C(=O)Nc3ccc(C(=O)N4CC(=O)Nc5ccccc54)cc3)on2)cc1. The fourth-order valence-corrected chi connectivity index (χ4v) is 3.70. The third-order valence-corrected chi connectivity index (χ3v) is 5.49. The lowest BCUT2D eigenvalue weighted by Crippen LogP contribution is -2.42. The Hall–Kier alpha value is -4.72. The first-order chi connectivity index (χ1) is 16.5. The Balaban J connectivity index is 1.29. The van der Waals surface area contributed by atoms with Gasteiger partial charge in [-0.1, -0.05) is 47.1 Å². The lowest BCUT2D eigenvalue weighted by atomic mass is 10.1. The molecule has 0 aliphatic carbocycles. The van der Waals surface area contributed by atoms with Gasteiger partial charge in [0.05, 0.1) is 11.4 Å². The fourth-order valence-electron chi connectivity index (χ4n) is 3.70. The normalized spacial score (nSPS) is 12.6. The summed E-state index contributed by atoms with van der Waals surface area (Å²) in [5.74, 6) is -0.940. The number of aryl methyl sites for hydroxylation is 1. The number of fused-ring (bicyclic) bond motifs is 1. The highest BCUT2D eigenvalue weighted by atomic mass is 16.5. The molecule has 168 valence electrons. The highest BCUT2D eigenvalue weighted by molar-refractivity contribution is 6.15. The number of nitrogens with zero attached hydrogens (tertiary/aromatic N) is 2. The Morgan fingerprint density at radius 3 is 2.50 bits per heavy atom. The van der Waals surface area contributed by atoms with Gasteiger partial charge in [0.25, 0.3) is 11.8 Å². The predicted octanol–water partition coefficient (Wildman–Crippen LogP) is 4.50. The molecule has 8 nitrogen and oxygen atoms in total. The van der Waals surface area contributed by atoms with Gasteiger partial charge in [-0.2, -0.15) is 0 Å². The summed E-state index contributed by atoms with van der Waals surface area (Å²) in [6, 6.07) is 22.9. The highest BCUT2D eigenvalue weighted by Crippen LogP contribution is 2.30. The van der Waals surface area contributed by atoms with E-state index in [0.29, 0.717) is 28.3 Å². The molecule has 2 heterocycles. The quantitative estimate of drug-likeness (QED) is 0.474. The lowest BCUT2D eigenvalue weighted by Gasteiger charge is -2.29. The van der Waals surface area contributed by atoms with Crippen molar-refractivity contribution in [2.24, 2.45) is 0 Å². The largest absolute Gasteiger partial charge is 0.350 e. The number of hydrogen-bond donors (Lipinski definition) is 2. The van der Waals surface area contributed by atoms with Crippen LogP contribution in [0.25, 0.3) is 11.3 Å². The molecule has 0 saturated carbocycles. The maximum absolute atomic E-state index is 13.1. The van der Waals surface area contributed by atoms with Crippen molar-refractivity contribution >= 4 is 34.8 Å². The van der Waals surface area contributed by atoms with Gasteiger partial charge in [-0.05, 0) is 43.3 Å². The Bertz CT molecular complexity index is 1390. The summed E-state index contributed by atoms with van der Waals surface area (Å²) >= 11 is 0. The van der Waals surface area contributed by atoms with E-state index < -0.39 is 5.91 Å². The number of rotatable bonds is 4. The van der Waals surface area contributed by atoms with E-state index in [-0.39, 0.29) is 24.1 Å². The monoisotopic (exact) mass is 452 g/mol. The van der Waals surface area contributed by atoms with E-state index in [2.05, 4.69) is 15.8 Å². The number of amides is 3. The zero-order valence-corrected chi connectivity index (χ0v) is 18.2. The van der Waals surface area contributed by atoms with Crippen molar-refractivity contribution < 1.29 is 18.9 Å². The smallest absolute Gasteiger partial charge is 0.294 e. The standard InChI is InChI=1S/C26H20N4O4/c1-16-6-8-17(9-7-16)21-14-23(34-29-21)25(32)27-19-12-10-18(11-13-19)26(33)30-15-24(31)28-20-4-2-3-5-22(20)30/h2-14H,15H2,1H3,(H,27,32)(H,28,31). The number of carbonyl (C=O) groups excluding carboxylic acids is 3. The van der Waals surface area contributed by atoms with Crippen LogP contribution in [0.1, 0.15) is 26.5 Å². The van der Waals surface area contributed by atoms with Crippen LogP contribution in [0.15, 0.2) is 83.4 Å². The number of hydrogen-bond acceptors (Lipinski definition) is 5. The number of anilines is 3. The van der Waals surface area contributed by atoms with E-state index >= 15 is 0 Å². The van der Waals surface area contributed by atoms with Crippen LogP contribution in [0, 0.1) is 6.92 Å². The average molecular weight is 452 g/mol. The number of carbonyl (C=O) groups is 3. The van der Waals surface area contributed by atoms with Crippen LogP contribution in [0.4, 0.5) is 17.1 Å². The lowest BCUT2D eigenvalue weighted by molar-refractivity contribution is -0.115. The second-order valence-corrected chi connectivity index (χ2v) is 7.93. The second kappa shape index (κ2) is 8.67. The summed E-state index contributed by atoms with van der Waals surface area (Å²) in [7, 11) is 0. The highest BCUT2D eigenvalue weighted by Gasteiger charge is 2.27. The van der Waals surface area contributed by atoms with Gasteiger partial charge in [0.2, 0.25) is 11.7 Å². The van der Waals surface area contributed by atoms with E-state index in [0.717, 1.165) is 11.1 Å².